The summed E-state index contributed by atoms with van der Waals surface area (Å²) in [7, 11) is 0. The van der Waals surface area contributed by atoms with Gasteiger partial charge in [0.1, 0.15) is 5.58 Å². The number of fused-ring (bicyclic) bond motifs is 5. The van der Waals surface area contributed by atoms with E-state index in [0.29, 0.717) is 17.6 Å². The van der Waals surface area contributed by atoms with Crippen LogP contribution in [0, 0.1) is 0 Å². The molecular weight excluding hydrogens is 420 g/mol. The average Bonchev–Trinajstić information content (AvgIpc) is 3.44. The van der Waals surface area contributed by atoms with Crippen molar-refractivity contribution in [1.29, 1.82) is 0 Å². The first-order chi connectivity index (χ1) is 16.9. The summed E-state index contributed by atoms with van der Waals surface area (Å²) in [5.41, 5.74) is 4.42. The Bertz CT molecular complexity index is 1740. The third-order valence-corrected chi connectivity index (χ3v) is 6.08. The fraction of sp³-hybridized carbons (Fsp3) is 0. The van der Waals surface area contributed by atoms with E-state index in [1.165, 1.54) is 0 Å². The third-order valence-electron chi connectivity index (χ3n) is 6.08. The summed E-state index contributed by atoms with van der Waals surface area (Å²) in [6.45, 7) is 0. The van der Waals surface area contributed by atoms with Gasteiger partial charge >= 0.3 is 0 Å². The molecule has 0 N–H and O–H groups in total. The summed E-state index contributed by atoms with van der Waals surface area (Å²) in [6, 6.07) is 36.4. The Balaban J connectivity index is 1.59. The van der Waals surface area contributed by atoms with E-state index in [1.807, 2.05) is 95.6 Å². The lowest BCUT2D eigenvalue weighted by Gasteiger charge is -2.09. The molecule has 0 atom stereocenters. The van der Waals surface area contributed by atoms with Crippen LogP contribution in [-0.4, -0.2) is 19.5 Å². The molecule has 0 aliphatic rings. The Labute approximate surface area is 195 Å². The zero-order valence-corrected chi connectivity index (χ0v) is 18.1. The molecule has 4 aromatic carbocycles. The van der Waals surface area contributed by atoms with Crippen molar-refractivity contribution in [3.05, 3.63) is 109 Å². The Morgan fingerprint density at radius 1 is 0.529 bits per heavy atom. The largest absolute Gasteiger partial charge is 0.439 e. The van der Waals surface area contributed by atoms with Crippen molar-refractivity contribution in [3.8, 4) is 28.7 Å². The number of hydrogen-bond acceptors (Lipinski definition) is 4. The minimum Gasteiger partial charge on any atom is -0.439 e. The van der Waals surface area contributed by atoms with E-state index in [9.17, 15) is 0 Å². The first-order valence-corrected chi connectivity index (χ1v) is 11.1. The van der Waals surface area contributed by atoms with Crippen molar-refractivity contribution >= 4 is 33.0 Å². The number of para-hydroxylation sites is 2. The minimum absolute atomic E-state index is 0.526. The van der Waals surface area contributed by atoms with E-state index in [4.69, 9.17) is 19.4 Å². The van der Waals surface area contributed by atoms with E-state index in [1.54, 1.807) is 0 Å². The van der Waals surface area contributed by atoms with Crippen LogP contribution in [0.5, 0.6) is 0 Å². The Morgan fingerprint density at radius 2 is 1.09 bits per heavy atom. The highest BCUT2D eigenvalue weighted by Gasteiger charge is 2.21. The van der Waals surface area contributed by atoms with Gasteiger partial charge in [0, 0.05) is 21.9 Å². The maximum atomic E-state index is 6.38. The molecule has 7 aromatic rings. The summed E-state index contributed by atoms with van der Waals surface area (Å²) in [5, 5.41) is 3.24. The molecular formula is C29H18N4O. The van der Waals surface area contributed by atoms with Gasteiger partial charge in [-0.25, -0.2) is 9.55 Å². The molecule has 34 heavy (non-hydrogen) atoms. The van der Waals surface area contributed by atoms with Crippen molar-refractivity contribution in [2.24, 2.45) is 0 Å². The summed E-state index contributed by atoms with van der Waals surface area (Å²) in [5.74, 6) is 1.76. The second-order valence-electron chi connectivity index (χ2n) is 8.15. The predicted molar refractivity (Wildman–Crippen MR) is 135 cm³/mol. The van der Waals surface area contributed by atoms with Crippen molar-refractivity contribution < 1.29 is 4.42 Å². The zero-order chi connectivity index (χ0) is 22.5. The van der Waals surface area contributed by atoms with Crippen molar-refractivity contribution in [2.45, 2.75) is 0 Å². The minimum atomic E-state index is 0.526. The molecule has 0 aliphatic carbocycles. The maximum absolute atomic E-state index is 6.38. The van der Waals surface area contributed by atoms with Gasteiger partial charge in [0.25, 0.3) is 0 Å². The van der Waals surface area contributed by atoms with Crippen LogP contribution in [-0.2, 0) is 0 Å². The quantitative estimate of drug-likeness (QED) is 0.297. The standard InChI is InChI=1S/C29H18N4O/c1-3-11-19(12-4-1)26-30-27(20-13-5-2-6-14-20)32-29(31-26)33-23-17-9-7-15-21(23)25-22-16-8-10-18-24(22)34-28(25)33/h1-18H. The fourth-order valence-corrected chi connectivity index (χ4v) is 4.54. The van der Waals surface area contributed by atoms with E-state index < -0.39 is 0 Å². The summed E-state index contributed by atoms with van der Waals surface area (Å²) in [6.07, 6.45) is 0. The van der Waals surface area contributed by atoms with Crippen LogP contribution < -0.4 is 0 Å². The van der Waals surface area contributed by atoms with E-state index in [-0.39, 0.29) is 0 Å². The molecule has 5 nitrogen and oxygen atoms in total. The van der Waals surface area contributed by atoms with Crippen LogP contribution >= 0.6 is 0 Å². The zero-order valence-electron chi connectivity index (χ0n) is 18.1. The SMILES string of the molecule is c1ccc(-c2nc(-c3ccccc3)nc(-n3c4ccccc4c4c5ccccc5oc43)n2)cc1. The van der Waals surface area contributed by atoms with Crippen molar-refractivity contribution in [1.82, 2.24) is 19.5 Å². The molecule has 0 radical (unpaired) electrons. The highest BCUT2D eigenvalue weighted by atomic mass is 16.3. The van der Waals surface area contributed by atoms with Gasteiger partial charge in [-0.2, -0.15) is 9.97 Å². The van der Waals surface area contributed by atoms with Gasteiger partial charge in [0.15, 0.2) is 11.6 Å². The maximum Gasteiger partial charge on any atom is 0.241 e. The van der Waals surface area contributed by atoms with Crippen LogP contribution in [0.3, 0.4) is 0 Å². The lowest BCUT2D eigenvalue weighted by molar-refractivity contribution is 0.641. The molecule has 0 aliphatic heterocycles. The first kappa shape index (κ1) is 18.8. The van der Waals surface area contributed by atoms with E-state index in [0.717, 1.165) is 44.1 Å². The Morgan fingerprint density at radius 3 is 1.76 bits per heavy atom. The highest BCUT2D eigenvalue weighted by Crippen LogP contribution is 2.38. The van der Waals surface area contributed by atoms with Gasteiger partial charge in [-0.05, 0) is 12.1 Å². The number of hydrogen-bond donors (Lipinski definition) is 0. The molecule has 3 heterocycles. The Hall–Kier alpha value is -4.77. The molecule has 7 rings (SSSR count). The summed E-state index contributed by atoms with van der Waals surface area (Å²) < 4.78 is 8.38. The van der Waals surface area contributed by atoms with Crippen LogP contribution in [0.4, 0.5) is 0 Å². The summed E-state index contributed by atoms with van der Waals surface area (Å²) in [4.78, 5) is 14.7. The molecule has 0 amide bonds. The monoisotopic (exact) mass is 438 g/mol. The fourth-order valence-electron chi connectivity index (χ4n) is 4.54. The van der Waals surface area contributed by atoms with E-state index in [2.05, 4.69) is 18.2 Å². The van der Waals surface area contributed by atoms with Gasteiger partial charge in [-0.15, -0.1) is 0 Å². The Kier molecular flexibility index (Phi) is 4.08. The third kappa shape index (κ3) is 2.84. The second kappa shape index (κ2) is 7.39. The van der Waals surface area contributed by atoms with Gasteiger partial charge < -0.3 is 4.42 Å². The van der Waals surface area contributed by atoms with Gasteiger partial charge in [0.2, 0.25) is 11.7 Å². The molecule has 0 fully saturated rings. The molecule has 3 aromatic heterocycles. The van der Waals surface area contributed by atoms with Crippen LogP contribution in [0.1, 0.15) is 0 Å². The molecule has 0 bridgehead atoms. The highest BCUT2D eigenvalue weighted by molar-refractivity contribution is 6.19. The number of benzene rings is 4. The molecule has 160 valence electrons. The topological polar surface area (TPSA) is 56.7 Å². The van der Waals surface area contributed by atoms with E-state index >= 15 is 0 Å². The van der Waals surface area contributed by atoms with Crippen molar-refractivity contribution in [3.63, 3.8) is 0 Å². The molecule has 0 saturated carbocycles. The summed E-state index contributed by atoms with van der Waals surface area (Å²) >= 11 is 0. The van der Waals surface area contributed by atoms with Crippen molar-refractivity contribution in [2.75, 3.05) is 0 Å². The molecule has 0 unspecified atom stereocenters. The van der Waals surface area contributed by atoms with Gasteiger partial charge in [-0.3, -0.25) is 0 Å². The van der Waals surface area contributed by atoms with Crippen LogP contribution in [0.2, 0.25) is 0 Å². The normalized spacial score (nSPS) is 11.5. The molecule has 0 spiro atoms. The van der Waals surface area contributed by atoms with Gasteiger partial charge in [0.05, 0.1) is 10.9 Å². The average molecular weight is 438 g/mol. The molecule has 0 saturated heterocycles. The first-order valence-electron chi connectivity index (χ1n) is 11.1. The smallest absolute Gasteiger partial charge is 0.241 e. The number of rotatable bonds is 3. The van der Waals surface area contributed by atoms with Crippen LogP contribution in [0.25, 0.3) is 61.7 Å². The molecule has 5 heteroatoms. The lowest BCUT2D eigenvalue weighted by atomic mass is 10.1. The van der Waals surface area contributed by atoms with Gasteiger partial charge in [-0.1, -0.05) is 97.1 Å². The van der Waals surface area contributed by atoms with Crippen LogP contribution in [0.15, 0.2) is 114 Å². The number of nitrogens with zero attached hydrogens (tertiary/aromatic N) is 4. The lowest BCUT2D eigenvalue weighted by Crippen LogP contribution is -2.06. The number of aromatic nitrogens is 4. The second-order valence-corrected chi connectivity index (χ2v) is 8.15. The predicted octanol–water partition coefficient (Wildman–Crippen LogP) is 7.05. The number of furan rings is 1.